The quantitative estimate of drug-likeness (QED) is 0.888. The number of hydrogen-bond donors (Lipinski definition) is 2. The molecule has 2 nitrogen and oxygen atoms in total. The minimum Gasteiger partial charge on any atom is -0.394 e. The second-order valence-electron chi connectivity index (χ2n) is 6.15. The van der Waals surface area contributed by atoms with Crippen molar-refractivity contribution in [3.8, 4) is 0 Å². The fourth-order valence-electron chi connectivity index (χ4n) is 3.25. The highest BCUT2D eigenvalue weighted by Crippen LogP contribution is 2.34. The van der Waals surface area contributed by atoms with E-state index in [2.05, 4.69) is 12.2 Å². The summed E-state index contributed by atoms with van der Waals surface area (Å²) in [5, 5.41) is 12.9. The first-order valence-electron chi connectivity index (χ1n) is 7.37. The Morgan fingerprint density at radius 1 is 1.33 bits per heavy atom. The Kier molecular flexibility index (Phi) is 4.94. The number of alkyl halides is 3. The van der Waals surface area contributed by atoms with E-state index < -0.39 is 17.3 Å². The molecule has 1 fully saturated rings. The lowest BCUT2D eigenvalue weighted by Crippen LogP contribution is -2.51. The molecule has 1 aromatic rings. The summed E-state index contributed by atoms with van der Waals surface area (Å²) < 4.78 is 38.9. The molecule has 1 aliphatic carbocycles. The van der Waals surface area contributed by atoms with Gasteiger partial charge in [-0.15, -0.1) is 0 Å². The van der Waals surface area contributed by atoms with Crippen LogP contribution in [0.15, 0.2) is 24.3 Å². The molecule has 0 heterocycles. The molecule has 2 N–H and O–H groups in total. The molecule has 0 radical (unpaired) electrons. The Balaban J connectivity index is 2.12. The van der Waals surface area contributed by atoms with Gasteiger partial charge in [0, 0.05) is 12.1 Å². The van der Waals surface area contributed by atoms with E-state index in [0.29, 0.717) is 5.92 Å². The average molecular weight is 301 g/mol. The van der Waals surface area contributed by atoms with Gasteiger partial charge in [0.1, 0.15) is 0 Å². The van der Waals surface area contributed by atoms with Crippen molar-refractivity contribution >= 4 is 0 Å². The van der Waals surface area contributed by atoms with Crippen LogP contribution in [-0.2, 0) is 12.7 Å². The van der Waals surface area contributed by atoms with Gasteiger partial charge in [-0.05, 0) is 30.4 Å². The summed E-state index contributed by atoms with van der Waals surface area (Å²) in [7, 11) is 0. The van der Waals surface area contributed by atoms with Crippen molar-refractivity contribution in [2.24, 2.45) is 5.92 Å². The largest absolute Gasteiger partial charge is 0.416 e. The van der Waals surface area contributed by atoms with Gasteiger partial charge in [-0.1, -0.05) is 38.0 Å². The van der Waals surface area contributed by atoms with Gasteiger partial charge in [0.25, 0.3) is 0 Å². The first kappa shape index (κ1) is 16.3. The molecule has 21 heavy (non-hydrogen) atoms. The Labute approximate surface area is 123 Å². The van der Waals surface area contributed by atoms with E-state index in [1.807, 2.05) is 0 Å². The Bertz CT molecular complexity index is 475. The molecule has 1 saturated carbocycles. The Morgan fingerprint density at radius 3 is 2.67 bits per heavy atom. The maximum atomic E-state index is 13.0. The van der Waals surface area contributed by atoms with Crippen molar-refractivity contribution in [1.82, 2.24) is 5.32 Å². The van der Waals surface area contributed by atoms with Crippen LogP contribution in [0.2, 0.25) is 0 Å². The van der Waals surface area contributed by atoms with Gasteiger partial charge in [0.2, 0.25) is 0 Å². The molecule has 0 bridgehead atoms. The predicted octanol–water partition coefficient (Wildman–Crippen LogP) is 3.74. The lowest BCUT2D eigenvalue weighted by atomic mass is 9.76. The van der Waals surface area contributed by atoms with Crippen molar-refractivity contribution in [2.75, 3.05) is 6.61 Å². The molecular formula is C16H22F3NO. The van der Waals surface area contributed by atoms with Crippen LogP contribution < -0.4 is 5.32 Å². The first-order valence-corrected chi connectivity index (χ1v) is 7.37. The van der Waals surface area contributed by atoms with E-state index in [-0.39, 0.29) is 18.7 Å². The second kappa shape index (κ2) is 6.36. The van der Waals surface area contributed by atoms with E-state index in [1.54, 1.807) is 6.07 Å². The van der Waals surface area contributed by atoms with Crippen LogP contribution >= 0.6 is 0 Å². The number of nitrogens with one attached hydrogen (secondary N) is 1. The molecule has 1 aliphatic rings. The summed E-state index contributed by atoms with van der Waals surface area (Å²) in [6.45, 7) is 2.21. The van der Waals surface area contributed by atoms with Crippen molar-refractivity contribution in [1.29, 1.82) is 0 Å². The third-order valence-electron chi connectivity index (χ3n) is 4.37. The van der Waals surface area contributed by atoms with E-state index in [4.69, 9.17) is 0 Å². The van der Waals surface area contributed by atoms with E-state index in [0.717, 1.165) is 31.7 Å². The number of aliphatic hydroxyl groups is 1. The van der Waals surface area contributed by atoms with Crippen LogP contribution in [0.25, 0.3) is 0 Å². The molecule has 2 atom stereocenters. The molecule has 0 aromatic heterocycles. The molecule has 5 heteroatoms. The molecule has 1 aromatic carbocycles. The molecule has 0 spiro atoms. The average Bonchev–Trinajstić information content (AvgIpc) is 2.44. The second-order valence-corrected chi connectivity index (χ2v) is 6.15. The maximum absolute atomic E-state index is 13.0. The Hall–Kier alpha value is -1.07. The molecule has 118 valence electrons. The van der Waals surface area contributed by atoms with Gasteiger partial charge in [-0.2, -0.15) is 13.2 Å². The van der Waals surface area contributed by atoms with Gasteiger partial charge in [0.15, 0.2) is 0 Å². The molecule has 2 unspecified atom stereocenters. The number of rotatable bonds is 4. The van der Waals surface area contributed by atoms with E-state index in [9.17, 15) is 18.3 Å². The van der Waals surface area contributed by atoms with Crippen LogP contribution in [0.3, 0.4) is 0 Å². The van der Waals surface area contributed by atoms with Gasteiger partial charge in [-0.3, -0.25) is 0 Å². The van der Waals surface area contributed by atoms with Crippen LogP contribution in [0.5, 0.6) is 0 Å². The fraction of sp³-hybridized carbons (Fsp3) is 0.625. The standard InChI is InChI=1S/C16H22F3NO/c1-12-5-4-8-15(9-12,11-21)20-10-13-6-2-3-7-14(13)16(17,18)19/h2-3,6-7,12,20-21H,4-5,8-11H2,1H3. The highest BCUT2D eigenvalue weighted by atomic mass is 19.4. The fourth-order valence-corrected chi connectivity index (χ4v) is 3.25. The summed E-state index contributed by atoms with van der Waals surface area (Å²) in [4.78, 5) is 0. The Morgan fingerprint density at radius 2 is 2.05 bits per heavy atom. The maximum Gasteiger partial charge on any atom is 0.416 e. The third-order valence-corrected chi connectivity index (χ3v) is 4.37. The van der Waals surface area contributed by atoms with Crippen LogP contribution in [-0.4, -0.2) is 17.3 Å². The van der Waals surface area contributed by atoms with Crippen LogP contribution in [0.1, 0.15) is 43.7 Å². The smallest absolute Gasteiger partial charge is 0.394 e. The van der Waals surface area contributed by atoms with E-state index in [1.165, 1.54) is 12.1 Å². The minimum atomic E-state index is -4.34. The van der Waals surface area contributed by atoms with Gasteiger partial charge in [0.05, 0.1) is 12.2 Å². The van der Waals surface area contributed by atoms with Crippen LogP contribution in [0.4, 0.5) is 13.2 Å². The number of hydrogen-bond acceptors (Lipinski definition) is 2. The minimum absolute atomic E-state index is 0.0362. The molecule has 0 amide bonds. The van der Waals surface area contributed by atoms with Crippen molar-refractivity contribution in [3.63, 3.8) is 0 Å². The lowest BCUT2D eigenvalue weighted by molar-refractivity contribution is -0.138. The highest BCUT2D eigenvalue weighted by molar-refractivity contribution is 5.29. The summed E-state index contributed by atoms with van der Waals surface area (Å²) in [5.74, 6) is 0.483. The molecular weight excluding hydrogens is 279 g/mol. The monoisotopic (exact) mass is 301 g/mol. The SMILES string of the molecule is CC1CCCC(CO)(NCc2ccccc2C(F)(F)F)C1. The predicted molar refractivity (Wildman–Crippen MR) is 75.7 cm³/mol. The van der Waals surface area contributed by atoms with Gasteiger partial charge < -0.3 is 10.4 Å². The first-order chi connectivity index (χ1) is 9.86. The van der Waals surface area contributed by atoms with Crippen molar-refractivity contribution in [2.45, 2.75) is 50.9 Å². The van der Waals surface area contributed by atoms with Gasteiger partial charge in [-0.25, -0.2) is 0 Å². The number of aliphatic hydroxyl groups excluding tert-OH is 1. The summed E-state index contributed by atoms with van der Waals surface area (Å²) >= 11 is 0. The molecule has 0 saturated heterocycles. The lowest BCUT2D eigenvalue weighted by Gasteiger charge is -2.40. The third kappa shape index (κ3) is 3.98. The zero-order valence-electron chi connectivity index (χ0n) is 12.2. The summed E-state index contributed by atoms with van der Waals surface area (Å²) in [5.41, 5.74) is -0.818. The summed E-state index contributed by atoms with van der Waals surface area (Å²) in [6, 6.07) is 5.61. The molecule has 2 rings (SSSR count). The van der Waals surface area contributed by atoms with Gasteiger partial charge >= 0.3 is 6.18 Å². The molecule has 0 aliphatic heterocycles. The van der Waals surface area contributed by atoms with Crippen molar-refractivity contribution in [3.05, 3.63) is 35.4 Å². The normalized spacial score (nSPS) is 26.8. The topological polar surface area (TPSA) is 32.3 Å². The number of benzene rings is 1. The summed E-state index contributed by atoms with van der Waals surface area (Å²) in [6.07, 6.45) is -0.623. The van der Waals surface area contributed by atoms with Crippen molar-refractivity contribution < 1.29 is 18.3 Å². The highest BCUT2D eigenvalue weighted by Gasteiger charge is 2.36. The zero-order chi connectivity index (χ0) is 15.5. The van der Waals surface area contributed by atoms with Crippen LogP contribution in [0, 0.1) is 5.92 Å². The van der Waals surface area contributed by atoms with E-state index >= 15 is 0 Å². The number of halogens is 3. The zero-order valence-corrected chi connectivity index (χ0v) is 12.2.